The minimum Gasteiger partial charge on any atom is -0.481 e. The van der Waals surface area contributed by atoms with Gasteiger partial charge in [-0.25, -0.2) is 4.39 Å². The van der Waals surface area contributed by atoms with E-state index in [1.807, 2.05) is 0 Å². The molecule has 0 spiro atoms. The van der Waals surface area contributed by atoms with Crippen molar-refractivity contribution in [3.8, 4) is 0 Å². The van der Waals surface area contributed by atoms with Crippen molar-refractivity contribution in [3.05, 3.63) is 34.1 Å². The fraction of sp³-hybridized carbons (Fsp3) is 0.417. The smallest absolute Gasteiger partial charge is 0.304 e. The molecule has 0 amide bonds. The number of aliphatic carboxylic acids is 1. The van der Waals surface area contributed by atoms with E-state index < -0.39 is 12.0 Å². The van der Waals surface area contributed by atoms with E-state index in [1.165, 1.54) is 6.07 Å². The number of hydrogen-bond acceptors (Lipinski definition) is 3. The largest absolute Gasteiger partial charge is 0.481 e. The predicted molar refractivity (Wildman–Crippen MR) is 70.7 cm³/mol. The van der Waals surface area contributed by atoms with Gasteiger partial charge in [0.25, 0.3) is 0 Å². The summed E-state index contributed by atoms with van der Waals surface area (Å²) in [6.45, 7) is 0.789. The topological polar surface area (TPSA) is 66.6 Å². The molecular weight excluding hydrogens is 303 g/mol. The first-order valence-electron chi connectivity index (χ1n) is 5.48. The number of nitrogens with two attached hydrogens (primary N) is 1. The third kappa shape index (κ3) is 5.12. The summed E-state index contributed by atoms with van der Waals surface area (Å²) in [5.74, 6) is -1.21. The molecule has 0 saturated carbocycles. The van der Waals surface area contributed by atoms with Crippen molar-refractivity contribution in [1.29, 1.82) is 0 Å². The van der Waals surface area contributed by atoms with Crippen molar-refractivity contribution in [2.45, 2.75) is 19.0 Å². The molecule has 0 fully saturated rings. The number of hydrogen-bond donors (Lipinski definition) is 2. The van der Waals surface area contributed by atoms with Gasteiger partial charge in [0, 0.05) is 29.2 Å². The number of halogens is 2. The quantitative estimate of drug-likeness (QED) is 0.839. The highest BCUT2D eigenvalue weighted by Gasteiger charge is 2.12. The first kappa shape index (κ1) is 15.1. The lowest BCUT2D eigenvalue weighted by molar-refractivity contribution is -0.137. The Kier molecular flexibility index (Phi) is 5.71. The number of carboxylic acid groups (broad SMARTS) is 1. The molecule has 3 N–H and O–H groups in total. The van der Waals surface area contributed by atoms with Gasteiger partial charge in [-0.05, 0) is 25.2 Å². The Balaban J connectivity index is 2.56. The molecule has 1 unspecified atom stereocenters. The summed E-state index contributed by atoms with van der Waals surface area (Å²) in [5.41, 5.74) is 6.22. The van der Waals surface area contributed by atoms with Gasteiger partial charge in [-0.15, -0.1) is 0 Å². The summed E-state index contributed by atoms with van der Waals surface area (Å²) in [5, 5.41) is 8.60. The molecule has 0 saturated heterocycles. The Hall–Kier alpha value is -0.980. The SMILES string of the molecule is CN(Cc1cc(Br)ccc1F)CC(N)CC(=O)O. The van der Waals surface area contributed by atoms with Crippen LogP contribution in [0.4, 0.5) is 4.39 Å². The van der Waals surface area contributed by atoms with Crippen LogP contribution in [-0.2, 0) is 11.3 Å². The van der Waals surface area contributed by atoms with Gasteiger partial charge in [0.05, 0.1) is 6.42 Å². The van der Waals surface area contributed by atoms with Crippen LogP contribution in [0.25, 0.3) is 0 Å². The molecule has 0 aliphatic rings. The van der Waals surface area contributed by atoms with E-state index in [0.717, 1.165) is 4.47 Å². The molecule has 0 aliphatic carbocycles. The second-order valence-corrected chi connectivity index (χ2v) is 5.21. The lowest BCUT2D eigenvalue weighted by atomic mass is 10.1. The van der Waals surface area contributed by atoms with E-state index in [9.17, 15) is 9.18 Å². The molecule has 1 atom stereocenters. The predicted octanol–water partition coefficient (Wildman–Crippen LogP) is 1.82. The summed E-state index contributed by atoms with van der Waals surface area (Å²) >= 11 is 3.28. The molecule has 100 valence electrons. The number of benzene rings is 1. The average Bonchev–Trinajstić information content (AvgIpc) is 2.21. The van der Waals surface area contributed by atoms with E-state index in [0.29, 0.717) is 18.7 Å². The summed E-state index contributed by atoms with van der Waals surface area (Å²) in [6.07, 6.45) is -0.0920. The van der Waals surface area contributed by atoms with Crippen molar-refractivity contribution in [2.75, 3.05) is 13.6 Å². The zero-order valence-corrected chi connectivity index (χ0v) is 11.7. The summed E-state index contributed by atoms with van der Waals surface area (Å²) in [4.78, 5) is 12.3. The molecule has 0 radical (unpaired) electrons. The van der Waals surface area contributed by atoms with Crippen molar-refractivity contribution >= 4 is 21.9 Å². The van der Waals surface area contributed by atoms with Crippen LogP contribution in [0.5, 0.6) is 0 Å². The van der Waals surface area contributed by atoms with E-state index in [-0.39, 0.29) is 12.2 Å². The van der Waals surface area contributed by atoms with Gasteiger partial charge in [-0.2, -0.15) is 0 Å². The van der Waals surface area contributed by atoms with E-state index in [2.05, 4.69) is 15.9 Å². The van der Waals surface area contributed by atoms with Gasteiger partial charge in [0.2, 0.25) is 0 Å². The molecular formula is C12H16BrFN2O2. The van der Waals surface area contributed by atoms with Crippen molar-refractivity contribution < 1.29 is 14.3 Å². The second-order valence-electron chi connectivity index (χ2n) is 4.29. The highest BCUT2D eigenvalue weighted by Crippen LogP contribution is 2.16. The van der Waals surface area contributed by atoms with Crippen molar-refractivity contribution in [2.24, 2.45) is 5.73 Å². The molecule has 0 bridgehead atoms. The molecule has 4 nitrogen and oxygen atoms in total. The van der Waals surface area contributed by atoms with Gasteiger partial charge in [-0.1, -0.05) is 15.9 Å². The fourth-order valence-corrected chi connectivity index (χ4v) is 2.12. The maximum absolute atomic E-state index is 13.5. The zero-order valence-electron chi connectivity index (χ0n) is 10.1. The van der Waals surface area contributed by atoms with Crippen LogP contribution >= 0.6 is 15.9 Å². The second kappa shape index (κ2) is 6.82. The average molecular weight is 319 g/mol. The molecule has 0 aliphatic heterocycles. The number of nitrogens with zero attached hydrogens (tertiary/aromatic N) is 1. The summed E-state index contributed by atoms with van der Waals surface area (Å²) < 4.78 is 14.3. The number of rotatable bonds is 6. The summed E-state index contributed by atoms with van der Waals surface area (Å²) in [7, 11) is 1.78. The van der Waals surface area contributed by atoms with Crippen LogP contribution in [0.1, 0.15) is 12.0 Å². The number of carboxylic acids is 1. The molecule has 0 heterocycles. The van der Waals surface area contributed by atoms with Crippen molar-refractivity contribution in [1.82, 2.24) is 4.90 Å². The highest BCUT2D eigenvalue weighted by molar-refractivity contribution is 9.10. The standard InChI is InChI=1S/C12H16BrFN2O2/c1-16(7-10(15)5-12(17)18)6-8-4-9(13)2-3-11(8)14/h2-4,10H,5-7,15H2,1H3,(H,17,18). The fourth-order valence-electron chi connectivity index (χ4n) is 1.71. The van der Waals surface area contributed by atoms with Crippen LogP contribution < -0.4 is 5.73 Å². The summed E-state index contributed by atoms with van der Waals surface area (Å²) in [6, 6.07) is 4.27. The normalized spacial score (nSPS) is 12.7. The molecule has 0 aromatic heterocycles. The lowest BCUT2D eigenvalue weighted by Gasteiger charge is -2.20. The third-order valence-corrected chi connectivity index (χ3v) is 2.92. The van der Waals surface area contributed by atoms with Crippen LogP contribution in [0.2, 0.25) is 0 Å². The Bertz CT molecular complexity index is 429. The number of carbonyl (C=O) groups is 1. The lowest BCUT2D eigenvalue weighted by Crippen LogP contribution is -2.36. The zero-order chi connectivity index (χ0) is 13.7. The highest BCUT2D eigenvalue weighted by atomic mass is 79.9. The van der Waals surface area contributed by atoms with Gasteiger partial charge >= 0.3 is 5.97 Å². The van der Waals surface area contributed by atoms with Gasteiger partial charge in [0.1, 0.15) is 5.82 Å². The Labute approximate surface area is 114 Å². The first-order valence-corrected chi connectivity index (χ1v) is 6.27. The first-order chi connectivity index (χ1) is 8.38. The maximum atomic E-state index is 13.5. The molecule has 18 heavy (non-hydrogen) atoms. The minimum atomic E-state index is -0.926. The Morgan fingerprint density at radius 1 is 1.61 bits per heavy atom. The van der Waals surface area contributed by atoms with Crippen LogP contribution in [-0.4, -0.2) is 35.6 Å². The Morgan fingerprint density at radius 2 is 2.28 bits per heavy atom. The van der Waals surface area contributed by atoms with Gasteiger partial charge in [-0.3, -0.25) is 4.79 Å². The van der Waals surface area contributed by atoms with E-state index >= 15 is 0 Å². The maximum Gasteiger partial charge on any atom is 0.304 e. The molecule has 1 aromatic carbocycles. The van der Waals surface area contributed by atoms with Crippen LogP contribution in [0, 0.1) is 5.82 Å². The van der Waals surface area contributed by atoms with E-state index in [4.69, 9.17) is 10.8 Å². The van der Waals surface area contributed by atoms with Gasteiger partial charge in [0.15, 0.2) is 0 Å². The molecule has 1 rings (SSSR count). The third-order valence-electron chi connectivity index (χ3n) is 2.43. The Morgan fingerprint density at radius 3 is 2.89 bits per heavy atom. The van der Waals surface area contributed by atoms with Crippen molar-refractivity contribution in [3.63, 3.8) is 0 Å². The van der Waals surface area contributed by atoms with E-state index in [1.54, 1.807) is 24.1 Å². The van der Waals surface area contributed by atoms with Gasteiger partial charge < -0.3 is 15.7 Å². The van der Waals surface area contributed by atoms with Crippen LogP contribution in [0.3, 0.4) is 0 Å². The molecule has 1 aromatic rings. The molecule has 6 heteroatoms. The van der Waals surface area contributed by atoms with Crippen LogP contribution in [0.15, 0.2) is 22.7 Å². The minimum absolute atomic E-state index is 0.0920. The monoisotopic (exact) mass is 318 g/mol. The number of likely N-dealkylation sites (N-methyl/N-ethyl adjacent to an activating group) is 1.